The minimum atomic E-state index is -0.575. The Labute approximate surface area is 194 Å². The first-order valence-electron chi connectivity index (χ1n) is 10.5. The van der Waals surface area contributed by atoms with Crippen LogP contribution in [0.15, 0.2) is 71.4 Å². The number of likely N-dealkylation sites (tertiary alicyclic amines) is 1. The van der Waals surface area contributed by atoms with Crippen molar-refractivity contribution in [2.45, 2.75) is 19.4 Å². The highest BCUT2D eigenvalue weighted by molar-refractivity contribution is 6.30. The number of oxazole rings is 1. The number of hydrogen-bond donors (Lipinski definition) is 0. The van der Waals surface area contributed by atoms with Gasteiger partial charge in [-0.3, -0.25) is 9.78 Å². The van der Waals surface area contributed by atoms with Gasteiger partial charge in [0.15, 0.2) is 5.76 Å². The molecule has 1 aliphatic rings. The second kappa shape index (κ2) is 9.03. The predicted molar refractivity (Wildman–Crippen MR) is 121 cm³/mol. The highest BCUT2D eigenvalue weighted by Gasteiger charge is 2.22. The van der Waals surface area contributed by atoms with Crippen LogP contribution in [-0.2, 0) is 11.3 Å². The molecule has 0 spiro atoms. The summed E-state index contributed by atoms with van der Waals surface area (Å²) in [6.07, 6.45) is 4.68. The van der Waals surface area contributed by atoms with Crippen molar-refractivity contribution in [1.82, 2.24) is 14.9 Å². The van der Waals surface area contributed by atoms with E-state index in [-0.39, 0.29) is 10.9 Å². The molecule has 0 atom stereocenters. The standard InChI is InChI=1S/C25H19ClFN3O3/c26-19-9-8-18(13-20(19)27)32-22-12-16(6-7-17(22)15-30-11-3-5-24(30)31)25-29-14-23(33-25)21-4-1-2-10-28-21/h1-2,4,6-10,12-14H,3,5,11,15H2. The summed E-state index contributed by atoms with van der Waals surface area (Å²) in [6, 6.07) is 15.3. The lowest BCUT2D eigenvalue weighted by Gasteiger charge is -2.19. The van der Waals surface area contributed by atoms with Crippen LogP contribution in [0.5, 0.6) is 11.5 Å². The molecule has 33 heavy (non-hydrogen) atoms. The monoisotopic (exact) mass is 463 g/mol. The van der Waals surface area contributed by atoms with Crippen LogP contribution in [0, 0.1) is 5.82 Å². The summed E-state index contributed by atoms with van der Waals surface area (Å²) in [5.74, 6) is 1.24. The van der Waals surface area contributed by atoms with E-state index in [1.807, 2.05) is 30.3 Å². The van der Waals surface area contributed by atoms with Crippen LogP contribution in [0.25, 0.3) is 22.9 Å². The number of carbonyl (C=O) groups excluding carboxylic acids is 1. The SMILES string of the molecule is O=C1CCCN1Cc1ccc(-c2ncc(-c3ccccn3)o2)cc1Oc1ccc(Cl)c(F)c1. The second-order valence-electron chi connectivity index (χ2n) is 7.66. The molecule has 3 heterocycles. The molecule has 0 saturated carbocycles. The normalized spacial score (nSPS) is 13.5. The van der Waals surface area contributed by atoms with Gasteiger partial charge in [0.2, 0.25) is 11.8 Å². The summed E-state index contributed by atoms with van der Waals surface area (Å²) in [6.45, 7) is 1.10. The molecule has 0 unspecified atom stereocenters. The zero-order chi connectivity index (χ0) is 22.8. The Hall–Kier alpha value is -3.71. The first kappa shape index (κ1) is 21.2. The number of ether oxygens (including phenoxy) is 1. The summed E-state index contributed by atoms with van der Waals surface area (Å²) in [5.41, 5.74) is 2.15. The van der Waals surface area contributed by atoms with Crippen molar-refractivity contribution in [3.63, 3.8) is 0 Å². The van der Waals surface area contributed by atoms with E-state index in [0.29, 0.717) is 53.9 Å². The van der Waals surface area contributed by atoms with Crippen LogP contribution in [0.1, 0.15) is 18.4 Å². The van der Waals surface area contributed by atoms with E-state index < -0.39 is 5.82 Å². The number of halogens is 2. The fourth-order valence-corrected chi connectivity index (χ4v) is 3.81. The Bertz CT molecular complexity index is 1310. The van der Waals surface area contributed by atoms with Crippen LogP contribution in [0.3, 0.4) is 0 Å². The minimum absolute atomic E-state index is 0.0147. The lowest BCUT2D eigenvalue weighted by molar-refractivity contribution is -0.128. The minimum Gasteiger partial charge on any atom is -0.457 e. The van der Waals surface area contributed by atoms with Gasteiger partial charge in [-0.2, -0.15) is 0 Å². The third-order valence-corrected chi connectivity index (χ3v) is 5.70. The van der Waals surface area contributed by atoms with Gasteiger partial charge >= 0.3 is 0 Å². The van der Waals surface area contributed by atoms with Crippen molar-refractivity contribution in [3.05, 3.63) is 83.4 Å². The lowest BCUT2D eigenvalue weighted by atomic mass is 10.1. The smallest absolute Gasteiger partial charge is 0.226 e. The van der Waals surface area contributed by atoms with Crippen molar-refractivity contribution >= 4 is 17.5 Å². The summed E-state index contributed by atoms with van der Waals surface area (Å²) >= 11 is 5.80. The van der Waals surface area contributed by atoms with Gasteiger partial charge < -0.3 is 14.1 Å². The van der Waals surface area contributed by atoms with Gasteiger partial charge in [0.25, 0.3) is 0 Å². The number of pyridine rings is 1. The van der Waals surface area contributed by atoms with Crippen LogP contribution in [0.4, 0.5) is 4.39 Å². The topological polar surface area (TPSA) is 68.5 Å². The summed E-state index contributed by atoms with van der Waals surface area (Å²) in [7, 11) is 0. The largest absolute Gasteiger partial charge is 0.457 e. The van der Waals surface area contributed by atoms with Gasteiger partial charge in [-0.1, -0.05) is 23.7 Å². The molecular formula is C25H19ClFN3O3. The average molecular weight is 464 g/mol. The van der Waals surface area contributed by atoms with Crippen LogP contribution < -0.4 is 4.74 Å². The zero-order valence-corrected chi connectivity index (χ0v) is 18.3. The molecule has 5 rings (SSSR count). The Morgan fingerprint density at radius 1 is 1.12 bits per heavy atom. The van der Waals surface area contributed by atoms with E-state index in [0.717, 1.165) is 12.0 Å². The van der Waals surface area contributed by atoms with E-state index >= 15 is 0 Å². The first-order chi connectivity index (χ1) is 16.1. The molecule has 8 heteroatoms. The van der Waals surface area contributed by atoms with Gasteiger partial charge in [0.1, 0.15) is 23.0 Å². The van der Waals surface area contributed by atoms with E-state index in [1.165, 1.54) is 12.1 Å². The van der Waals surface area contributed by atoms with Gasteiger partial charge in [-0.25, -0.2) is 9.37 Å². The first-order valence-corrected chi connectivity index (χ1v) is 10.9. The Balaban J connectivity index is 1.49. The maximum absolute atomic E-state index is 14.0. The van der Waals surface area contributed by atoms with Gasteiger partial charge in [-0.15, -0.1) is 0 Å². The summed E-state index contributed by atoms with van der Waals surface area (Å²) in [4.78, 5) is 22.6. The van der Waals surface area contributed by atoms with E-state index in [4.69, 9.17) is 20.8 Å². The molecule has 0 radical (unpaired) electrons. The third kappa shape index (κ3) is 4.59. The lowest BCUT2D eigenvalue weighted by Crippen LogP contribution is -2.24. The molecule has 0 N–H and O–H groups in total. The van der Waals surface area contributed by atoms with Crippen molar-refractivity contribution in [2.24, 2.45) is 0 Å². The number of hydrogen-bond acceptors (Lipinski definition) is 5. The fourth-order valence-electron chi connectivity index (χ4n) is 3.69. The fraction of sp³-hybridized carbons (Fsp3) is 0.160. The zero-order valence-electron chi connectivity index (χ0n) is 17.5. The second-order valence-corrected chi connectivity index (χ2v) is 8.07. The van der Waals surface area contributed by atoms with E-state index in [1.54, 1.807) is 29.4 Å². The highest BCUT2D eigenvalue weighted by atomic mass is 35.5. The molecular weight excluding hydrogens is 445 g/mol. The maximum Gasteiger partial charge on any atom is 0.226 e. The van der Waals surface area contributed by atoms with Crippen molar-refractivity contribution in [1.29, 1.82) is 0 Å². The van der Waals surface area contributed by atoms with E-state index in [2.05, 4.69) is 9.97 Å². The molecule has 1 amide bonds. The maximum atomic E-state index is 14.0. The number of benzene rings is 2. The molecule has 0 bridgehead atoms. The van der Waals surface area contributed by atoms with Gasteiger partial charge in [0, 0.05) is 42.9 Å². The summed E-state index contributed by atoms with van der Waals surface area (Å²) in [5, 5.41) is 0.0147. The predicted octanol–water partition coefficient (Wildman–Crippen LogP) is 6.11. The van der Waals surface area contributed by atoms with Gasteiger partial charge in [0.05, 0.1) is 11.2 Å². The molecule has 0 aliphatic carbocycles. The average Bonchev–Trinajstić information content (AvgIpc) is 3.48. The Morgan fingerprint density at radius 3 is 2.79 bits per heavy atom. The third-order valence-electron chi connectivity index (χ3n) is 5.39. The number of amides is 1. The molecule has 1 aliphatic heterocycles. The Kier molecular flexibility index (Phi) is 5.79. The van der Waals surface area contributed by atoms with Crippen molar-refractivity contribution in [2.75, 3.05) is 6.54 Å². The van der Waals surface area contributed by atoms with E-state index in [9.17, 15) is 9.18 Å². The van der Waals surface area contributed by atoms with Crippen molar-refractivity contribution in [3.8, 4) is 34.4 Å². The molecule has 1 fully saturated rings. The molecule has 4 aromatic rings. The number of carbonyl (C=O) groups is 1. The molecule has 166 valence electrons. The molecule has 6 nitrogen and oxygen atoms in total. The van der Waals surface area contributed by atoms with Crippen molar-refractivity contribution < 1.29 is 18.3 Å². The highest BCUT2D eigenvalue weighted by Crippen LogP contribution is 2.34. The van der Waals surface area contributed by atoms with Crippen LogP contribution >= 0.6 is 11.6 Å². The molecule has 2 aromatic carbocycles. The number of aromatic nitrogens is 2. The van der Waals surface area contributed by atoms with Gasteiger partial charge in [-0.05, 0) is 42.8 Å². The number of rotatable bonds is 6. The number of nitrogens with zero attached hydrogens (tertiary/aromatic N) is 3. The Morgan fingerprint density at radius 2 is 2.03 bits per heavy atom. The molecule has 2 aromatic heterocycles. The summed E-state index contributed by atoms with van der Waals surface area (Å²) < 4.78 is 25.9. The molecule has 1 saturated heterocycles. The van der Waals surface area contributed by atoms with Crippen LogP contribution in [-0.4, -0.2) is 27.3 Å². The quantitative estimate of drug-likeness (QED) is 0.345. The van der Waals surface area contributed by atoms with Crippen LogP contribution in [0.2, 0.25) is 5.02 Å².